The first-order chi connectivity index (χ1) is 11.2. The molecule has 1 N–H and O–H groups in total. The minimum absolute atomic E-state index is 0.126. The molecule has 1 aliphatic rings. The molecular formula is C16H13F3N2O3. The van der Waals surface area contributed by atoms with Crippen LogP contribution in [-0.2, 0) is 23.1 Å². The highest BCUT2D eigenvalue weighted by molar-refractivity contribution is 6.06. The van der Waals surface area contributed by atoms with Crippen LogP contribution in [0.3, 0.4) is 0 Å². The van der Waals surface area contributed by atoms with Crippen LogP contribution in [0, 0.1) is 0 Å². The van der Waals surface area contributed by atoms with E-state index in [1.54, 1.807) is 12.1 Å². The molecule has 1 aromatic carbocycles. The molecule has 1 aromatic heterocycles. The molecule has 0 bridgehead atoms. The van der Waals surface area contributed by atoms with Crippen LogP contribution in [0.5, 0.6) is 0 Å². The van der Waals surface area contributed by atoms with E-state index in [0.29, 0.717) is 5.56 Å². The molecule has 2 aromatic rings. The zero-order chi connectivity index (χ0) is 17.5. The number of imide groups is 1. The zero-order valence-electron chi connectivity index (χ0n) is 12.6. The first kappa shape index (κ1) is 16.1. The third-order valence-electron chi connectivity index (χ3n) is 3.91. The summed E-state index contributed by atoms with van der Waals surface area (Å²) in [5.74, 6) is -0.238. The van der Waals surface area contributed by atoms with Gasteiger partial charge in [0.05, 0.1) is 18.4 Å². The van der Waals surface area contributed by atoms with Crippen LogP contribution in [0.1, 0.15) is 23.8 Å². The van der Waals surface area contributed by atoms with Gasteiger partial charge in [-0.05, 0) is 36.8 Å². The van der Waals surface area contributed by atoms with E-state index >= 15 is 0 Å². The van der Waals surface area contributed by atoms with Crippen LogP contribution in [0.15, 0.2) is 47.1 Å². The Bertz CT molecular complexity index is 769. The molecule has 1 unspecified atom stereocenters. The summed E-state index contributed by atoms with van der Waals surface area (Å²) in [7, 11) is 0. The lowest BCUT2D eigenvalue weighted by Crippen LogP contribution is -2.40. The highest BCUT2D eigenvalue weighted by Gasteiger charge is 2.50. The number of nitrogens with zero attached hydrogens (tertiary/aromatic N) is 1. The van der Waals surface area contributed by atoms with Crippen LogP contribution >= 0.6 is 0 Å². The number of carbonyl (C=O) groups excluding carboxylic acids is 2. The number of urea groups is 1. The number of hydrogen-bond acceptors (Lipinski definition) is 3. The van der Waals surface area contributed by atoms with Crippen molar-refractivity contribution in [2.45, 2.75) is 25.2 Å². The van der Waals surface area contributed by atoms with E-state index in [4.69, 9.17) is 4.42 Å². The van der Waals surface area contributed by atoms with E-state index < -0.39 is 29.2 Å². The molecule has 0 aliphatic carbocycles. The maximum Gasteiger partial charge on any atom is 0.416 e. The van der Waals surface area contributed by atoms with Crippen molar-refractivity contribution in [3.05, 3.63) is 59.5 Å². The molecular weight excluding hydrogens is 325 g/mol. The van der Waals surface area contributed by atoms with Crippen molar-refractivity contribution < 1.29 is 27.2 Å². The number of nitrogens with one attached hydrogen (secondary N) is 1. The fraction of sp³-hybridized carbons (Fsp3) is 0.250. The van der Waals surface area contributed by atoms with Crippen LogP contribution in [-0.4, -0.2) is 16.8 Å². The molecule has 5 nitrogen and oxygen atoms in total. The van der Waals surface area contributed by atoms with Gasteiger partial charge in [-0.15, -0.1) is 0 Å². The highest BCUT2D eigenvalue weighted by atomic mass is 19.4. The second kappa shape index (κ2) is 5.40. The number of halogens is 3. The first-order valence-corrected chi connectivity index (χ1v) is 7.06. The third-order valence-corrected chi connectivity index (χ3v) is 3.91. The molecule has 8 heteroatoms. The Morgan fingerprint density at radius 2 is 1.83 bits per heavy atom. The van der Waals surface area contributed by atoms with E-state index in [-0.39, 0.29) is 12.3 Å². The topological polar surface area (TPSA) is 62.6 Å². The molecule has 3 rings (SSSR count). The maximum absolute atomic E-state index is 12.6. The van der Waals surface area contributed by atoms with Gasteiger partial charge in [0.15, 0.2) is 5.54 Å². The lowest BCUT2D eigenvalue weighted by Gasteiger charge is -2.19. The van der Waals surface area contributed by atoms with Crippen LogP contribution in [0.25, 0.3) is 0 Å². The quantitative estimate of drug-likeness (QED) is 0.874. The Hall–Kier alpha value is -2.77. The van der Waals surface area contributed by atoms with Gasteiger partial charge in [0.1, 0.15) is 5.76 Å². The van der Waals surface area contributed by atoms with Crippen molar-refractivity contribution in [2.24, 2.45) is 0 Å². The predicted octanol–water partition coefficient (Wildman–Crippen LogP) is 3.27. The molecule has 0 radical (unpaired) electrons. The summed E-state index contributed by atoms with van der Waals surface area (Å²) < 4.78 is 42.9. The molecule has 1 atom stereocenters. The Balaban J connectivity index is 1.81. The van der Waals surface area contributed by atoms with Crippen molar-refractivity contribution in [3.63, 3.8) is 0 Å². The minimum atomic E-state index is -4.43. The summed E-state index contributed by atoms with van der Waals surface area (Å²) in [6, 6.07) is 6.86. The summed E-state index contributed by atoms with van der Waals surface area (Å²) in [4.78, 5) is 25.6. The molecule has 0 spiro atoms. The summed E-state index contributed by atoms with van der Waals surface area (Å²) in [6.07, 6.45) is -3.05. The lowest BCUT2D eigenvalue weighted by molar-refractivity contribution is -0.137. The number of benzene rings is 1. The largest absolute Gasteiger partial charge is 0.466 e. The molecule has 0 saturated carbocycles. The number of alkyl halides is 3. The van der Waals surface area contributed by atoms with Crippen molar-refractivity contribution in [3.8, 4) is 0 Å². The van der Waals surface area contributed by atoms with Crippen LogP contribution in [0.4, 0.5) is 18.0 Å². The molecule has 1 aliphatic heterocycles. The Morgan fingerprint density at radius 1 is 1.17 bits per heavy atom. The smallest absolute Gasteiger partial charge is 0.416 e. The van der Waals surface area contributed by atoms with Gasteiger partial charge in [0, 0.05) is 0 Å². The van der Waals surface area contributed by atoms with Crippen molar-refractivity contribution >= 4 is 11.9 Å². The SMILES string of the molecule is CC1(c2ccco2)NC(=O)N(Cc2ccc(C(F)(F)F)cc2)C1=O. The van der Waals surface area contributed by atoms with Crippen molar-refractivity contribution in [1.82, 2.24) is 10.2 Å². The van der Waals surface area contributed by atoms with Crippen molar-refractivity contribution in [2.75, 3.05) is 0 Å². The molecule has 1 saturated heterocycles. The van der Waals surface area contributed by atoms with Crippen molar-refractivity contribution in [1.29, 1.82) is 0 Å². The van der Waals surface area contributed by atoms with E-state index in [1.807, 2.05) is 0 Å². The van der Waals surface area contributed by atoms with Gasteiger partial charge in [-0.25, -0.2) is 4.79 Å². The average Bonchev–Trinajstić information content (AvgIpc) is 3.12. The van der Waals surface area contributed by atoms with E-state index in [1.165, 1.54) is 25.3 Å². The molecule has 126 valence electrons. The number of rotatable bonds is 3. The van der Waals surface area contributed by atoms with Crippen LogP contribution in [0.2, 0.25) is 0 Å². The third kappa shape index (κ3) is 2.64. The summed E-state index contributed by atoms with van der Waals surface area (Å²) in [5, 5.41) is 2.55. The normalized spacial score (nSPS) is 21.2. The number of furan rings is 1. The highest BCUT2D eigenvalue weighted by Crippen LogP contribution is 2.31. The summed E-state index contributed by atoms with van der Waals surface area (Å²) in [6.45, 7) is 1.39. The molecule has 2 heterocycles. The van der Waals surface area contributed by atoms with E-state index in [9.17, 15) is 22.8 Å². The number of carbonyl (C=O) groups is 2. The zero-order valence-corrected chi connectivity index (χ0v) is 12.6. The maximum atomic E-state index is 12.6. The van der Waals surface area contributed by atoms with Crippen LogP contribution < -0.4 is 5.32 Å². The fourth-order valence-electron chi connectivity index (χ4n) is 2.55. The predicted molar refractivity (Wildman–Crippen MR) is 76.6 cm³/mol. The Morgan fingerprint density at radius 3 is 2.38 bits per heavy atom. The van der Waals surface area contributed by atoms with Gasteiger partial charge in [-0.2, -0.15) is 13.2 Å². The molecule has 24 heavy (non-hydrogen) atoms. The van der Waals surface area contributed by atoms with Gasteiger partial charge in [-0.3, -0.25) is 9.69 Å². The number of amides is 3. The second-order valence-corrected chi connectivity index (χ2v) is 5.62. The fourth-order valence-corrected chi connectivity index (χ4v) is 2.55. The van der Waals surface area contributed by atoms with E-state index in [0.717, 1.165) is 17.0 Å². The first-order valence-electron chi connectivity index (χ1n) is 7.06. The van der Waals surface area contributed by atoms with Gasteiger partial charge in [0.2, 0.25) is 0 Å². The van der Waals surface area contributed by atoms with Gasteiger partial charge >= 0.3 is 12.2 Å². The van der Waals surface area contributed by atoms with Gasteiger partial charge in [-0.1, -0.05) is 12.1 Å². The molecule has 3 amide bonds. The second-order valence-electron chi connectivity index (χ2n) is 5.62. The standard InChI is InChI=1S/C16H13F3N2O3/c1-15(12-3-2-8-24-12)13(22)21(14(23)20-15)9-10-4-6-11(7-5-10)16(17,18)19/h2-8H,9H2,1H3,(H,20,23). The van der Waals surface area contributed by atoms with Gasteiger partial charge < -0.3 is 9.73 Å². The molecule has 1 fully saturated rings. The van der Waals surface area contributed by atoms with E-state index in [2.05, 4.69) is 5.32 Å². The average molecular weight is 338 g/mol. The Labute approximate surface area is 135 Å². The minimum Gasteiger partial charge on any atom is -0.466 e. The van der Waals surface area contributed by atoms with Gasteiger partial charge in [0.25, 0.3) is 5.91 Å². The monoisotopic (exact) mass is 338 g/mol. The summed E-state index contributed by atoms with van der Waals surface area (Å²) >= 11 is 0. The number of hydrogen-bond donors (Lipinski definition) is 1. The lowest BCUT2D eigenvalue weighted by atomic mass is 9.99. The Kier molecular flexibility index (Phi) is 3.62. The summed E-state index contributed by atoms with van der Waals surface area (Å²) in [5.41, 5.74) is -1.70.